The van der Waals surface area contributed by atoms with E-state index in [1.54, 1.807) is 12.4 Å². The molecule has 6 nitrogen and oxygen atoms in total. The summed E-state index contributed by atoms with van der Waals surface area (Å²) in [4.78, 5) is 13.3. The molecule has 2 N–H and O–H groups in total. The molecule has 1 aromatic heterocycles. The summed E-state index contributed by atoms with van der Waals surface area (Å²) in [6.45, 7) is 9.62. The Labute approximate surface area is 114 Å². The van der Waals surface area contributed by atoms with Gasteiger partial charge in [0.15, 0.2) is 5.82 Å². The van der Waals surface area contributed by atoms with E-state index in [4.69, 9.17) is 10.5 Å². The van der Waals surface area contributed by atoms with Gasteiger partial charge in [0, 0.05) is 39.3 Å². The summed E-state index contributed by atoms with van der Waals surface area (Å²) in [5.74, 6) is 1.49. The summed E-state index contributed by atoms with van der Waals surface area (Å²) in [6.07, 6.45) is 3.57. The molecule has 0 unspecified atom stereocenters. The Bertz CT molecular complexity index is 390. The van der Waals surface area contributed by atoms with E-state index in [0.717, 1.165) is 45.1 Å². The van der Waals surface area contributed by atoms with Gasteiger partial charge in [-0.15, -0.1) is 0 Å². The van der Waals surface area contributed by atoms with E-state index in [0.29, 0.717) is 5.88 Å². The highest BCUT2D eigenvalue weighted by Gasteiger charge is 2.18. The van der Waals surface area contributed by atoms with Crippen LogP contribution in [0.1, 0.15) is 13.8 Å². The number of hydrogen-bond acceptors (Lipinski definition) is 6. The predicted octanol–water partition coefficient (Wildman–Crippen LogP) is 0.345. The topological polar surface area (TPSA) is 67.5 Å². The molecule has 0 bridgehead atoms. The first-order valence-corrected chi connectivity index (χ1v) is 6.85. The third-order valence-electron chi connectivity index (χ3n) is 3.10. The van der Waals surface area contributed by atoms with Crippen LogP contribution in [0.15, 0.2) is 12.4 Å². The van der Waals surface area contributed by atoms with Crippen LogP contribution in [0.3, 0.4) is 0 Å². The average molecular weight is 265 g/mol. The molecule has 0 radical (unpaired) electrons. The molecule has 19 heavy (non-hydrogen) atoms. The van der Waals surface area contributed by atoms with Crippen molar-refractivity contribution >= 4 is 5.82 Å². The summed E-state index contributed by atoms with van der Waals surface area (Å²) >= 11 is 0. The Morgan fingerprint density at radius 3 is 2.63 bits per heavy atom. The smallest absolute Gasteiger partial charge is 0.234 e. The van der Waals surface area contributed by atoms with E-state index in [1.807, 2.05) is 13.8 Å². The van der Waals surface area contributed by atoms with Crippen LogP contribution in [-0.4, -0.2) is 60.2 Å². The van der Waals surface area contributed by atoms with E-state index in [1.165, 1.54) is 0 Å². The molecule has 6 heteroatoms. The van der Waals surface area contributed by atoms with Crippen molar-refractivity contribution in [1.82, 2.24) is 14.9 Å². The molecular weight excluding hydrogens is 242 g/mol. The van der Waals surface area contributed by atoms with Crippen molar-refractivity contribution in [2.75, 3.05) is 44.2 Å². The first-order chi connectivity index (χ1) is 9.19. The Morgan fingerprint density at radius 1 is 1.26 bits per heavy atom. The zero-order valence-corrected chi connectivity index (χ0v) is 11.7. The van der Waals surface area contributed by atoms with Crippen LogP contribution in [0.5, 0.6) is 5.88 Å². The second kappa shape index (κ2) is 6.68. The molecule has 106 valence electrons. The molecule has 0 saturated carbocycles. The molecule has 0 atom stereocenters. The minimum atomic E-state index is 0.117. The molecule has 1 aliphatic rings. The van der Waals surface area contributed by atoms with E-state index in [-0.39, 0.29) is 6.10 Å². The lowest BCUT2D eigenvalue weighted by atomic mass is 10.3. The molecule has 0 spiro atoms. The standard InChI is InChI=1S/C13H23N5O/c1-11(2)19-13-10-15-9-12(16-13)18-7-5-17(4-3-14)6-8-18/h9-11H,3-8,14H2,1-2H3. The number of ether oxygens (including phenoxy) is 1. The largest absolute Gasteiger partial charge is 0.474 e. The minimum Gasteiger partial charge on any atom is -0.474 e. The Hall–Kier alpha value is -1.40. The maximum Gasteiger partial charge on any atom is 0.234 e. The van der Waals surface area contributed by atoms with Crippen molar-refractivity contribution in [3.05, 3.63) is 12.4 Å². The fourth-order valence-corrected chi connectivity index (χ4v) is 2.17. The van der Waals surface area contributed by atoms with Crippen LogP contribution < -0.4 is 15.4 Å². The third-order valence-corrected chi connectivity index (χ3v) is 3.10. The van der Waals surface area contributed by atoms with Crippen molar-refractivity contribution < 1.29 is 4.74 Å². The van der Waals surface area contributed by atoms with Crippen molar-refractivity contribution in [2.45, 2.75) is 20.0 Å². The quantitative estimate of drug-likeness (QED) is 0.828. The third kappa shape index (κ3) is 4.04. The Balaban J connectivity index is 1.95. The molecule has 2 heterocycles. The molecule has 1 aliphatic heterocycles. The van der Waals surface area contributed by atoms with Crippen LogP contribution in [0.2, 0.25) is 0 Å². The number of anilines is 1. The van der Waals surface area contributed by atoms with Gasteiger partial charge in [-0.1, -0.05) is 0 Å². The van der Waals surface area contributed by atoms with E-state index < -0.39 is 0 Å². The maximum atomic E-state index is 5.58. The van der Waals surface area contributed by atoms with Gasteiger partial charge in [0.2, 0.25) is 5.88 Å². The lowest BCUT2D eigenvalue weighted by molar-refractivity contribution is 0.231. The van der Waals surface area contributed by atoms with Crippen molar-refractivity contribution in [1.29, 1.82) is 0 Å². The van der Waals surface area contributed by atoms with Gasteiger partial charge in [0.25, 0.3) is 0 Å². The molecular formula is C13H23N5O. The normalized spacial score (nSPS) is 16.9. The van der Waals surface area contributed by atoms with Gasteiger partial charge in [0.05, 0.1) is 18.5 Å². The lowest BCUT2D eigenvalue weighted by Crippen LogP contribution is -2.48. The van der Waals surface area contributed by atoms with E-state index in [9.17, 15) is 0 Å². The van der Waals surface area contributed by atoms with Crippen LogP contribution >= 0.6 is 0 Å². The zero-order valence-electron chi connectivity index (χ0n) is 11.7. The van der Waals surface area contributed by atoms with Crippen LogP contribution in [0.25, 0.3) is 0 Å². The van der Waals surface area contributed by atoms with Crippen LogP contribution in [-0.2, 0) is 0 Å². The monoisotopic (exact) mass is 265 g/mol. The molecule has 0 aromatic carbocycles. The first-order valence-electron chi connectivity index (χ1n) is 6.85. The van der Waals surface area contributed by atoms with Gasteiger partial charge in [0.1, 0.15) is 0 Å². The summed E-state index contributed by atoms with van der Waals surface area (Å²) in [6, 6.07) is 0. The van der Waals surface area contributed by atoms with Gasteiger partial charge in [-0.05, 0) is 13.8 Å². The first kappa shape index (κ1) is 14.0. The van der Waals surface area contributed by atoms with Gasteiger partial charge in [-0.2, -0.15) is 4.98 Å². The lowest BCUT2D eigenvalue weighted by Gasteiger charge is -2.35. The number of nitrogens with zero attached hydrogens (tertiary/aromatic N) is 4. The van der Waals surface area contributed by atoms with Gasteiger partial charge < -0.3 is 15.4 Å². The molecule has 0 aliphatic carbocycles. The fourth-order valence-electron chi connectivity index (χ4n) is 2.17. The molecule has 1 saturated heterocycles. The van der Waals surface area contributed by atoms with Gasteiger partial charge >= 0.3 is 0 Å². The zero-order chi connectivity index (χ0) is 13.7. The predicted molar refractivity (Wildman–Crippen MR) is 75.5 cm³/mol. The molecule has 2 rings (SSSR count). The van der Waals surface area contributed by atoms with Crippen molar-refractivity contribution in [3.63, 3.8) is 0 Å². The molecule has 1 fully saturated rings. The van der Waals surface area contributed by atoms with E-state index in [2.05, 4.69) is 19.8 Å². The van der Waals surface area contributed by atoms with Crippen molar-refractivity contribution in [3.8, 4) is 5.88 Å². The van der Waals surface area contributed by atoms with Crippen LogP contribution in [0.4, 0.5) is 5.82 Å². The Kier molecular flexibility index (Phi) is 4.93. The van der Waals surface area contributed by atoms with Gasteiger partial charge in [-0.3, -0.25) is 9.88 Å². The number of rotatable bonds is 5. The maximum absolute atomic E-state index is 5.58. The SMILES string of the molecule is CC(C)Oc1cncc(N2CCN(CCN)CC2)n1. The highest BCUT2D eigenvalue weighted by Crippen LogP contribution is 2.16. The second-order valence-electron chi connectivity index (χ2n) is 5.00. The summed E-state index contributed by atoms with van der Waals surface area (Å²) in [5, 5.41) is 0. The Morgan fingerprint density at radius 2 is 2.00 bits per heavy atom. The minimum absolute atomic E-state index is 0.117. The van der Waals surface area contributed by atoms with Crippen molar-refractivity contribution in [2.24, 2.45) is 5.73 Å². The fraction of sp³-hybridized carbons (Fsp3) is 0.692. The number of nitrogens with two attached hydrogens (primary N) is 1. The number of piperazine rings is 1. The number of aromatic nitrogens is 2. The highest BCUT2D eigenvalue weighted by molar-refractivity contribution is 5.38. The molecule has 1 aromatic rings. The summed E-state index contributed by atoms with van der Waals surface area (Å²) < 4.78 is 5.58. The van der Waals surface area contributed by atoms with Crippen LogP contribution in [0, 0.1) is 0 Å². The average Bonchev–Trinajstić information content (AvgIpc) is 2.39. The summed E-state index contributed by atoms with van der Waals surface area (Å²) in [7, 11) is 0. The summed E-state index contributed by atoms with van der Waals surface area (Å²) in [5.41, 5.74) is 5.58. The molecule has 0 amide bonds. The highest BCUT2D eigenvalue weighted by atomic mass is 16.5. The van der Waals surface area contributed by atoms with Gasteiger partial charge in [-0.25, -0.2) is 0 Å². The van der Waals surface area contributed by atoms with E-state index >= 15 is 0 Å². The number of hydrogen-bond donors (Lipinski definition) is 1. The second-order valence-corrected chi connectivity index (χ2v) is 5.00.